The smallest absolute Gasteiger partial charge is 0.277 e. The fourth-order valence-corrected chi connectivity index (χ4v) is 4.21. The van der Waals surface area contributed by atoms with E-state index in [0.29, 0.717) is 17.4 Å². The molecule has 0 fully saturated rings. The largest absolute Gasteiger partial charge is 0.356 e. The molecule has 2 heterocycles. The number of nitrogens with zero attached hydrogens (tertiary/aromatic N) is 3. The van der Waals surface area contributed by atoms with Crippen molar-refractivity contribution < 1.29 is 9.59 Å². The number of amides is 2. The number of anilines is 1. The monoisotopic (exact) mass is 457 g/mol. The van der Waals surface area contributed by atoms with E-state index in [1.165, 1.54) is 41.1 Å². The summed E-state index contributed by atoms with van der Waals surface area (Å²) < 4.78 is 0. The summed E-state index contributed by atoms with van der Waals surface area (Å²) in [6.45, 7) is 0.549. The van der Waals surface area contributed by atoms with Crippen LogP contribution in [0.2, 0.25) is 0 Å². The quantitative estimate of drug-likeness (QED) is 0.395. The van der Waals surface area contributed by atoms with Crippen molar-refractivity contribution in [3.05, 3.63) is 107 Å². The van der Waals surface area contributed by atoms with Crippen molar-refractivity contribution in [3.8, 4) is 0 Å². The third-order valence-electron chi connectivity index (χ3n) is 5.07. The van der Waals surface area contributed by atoms with Crippen LogP contribution in [0.15, 0.2) is 84.6 Å². The normalized spacial score (nSPS) is 10.7. The molecule has 4 aromatic rings. The minimum atomic E-state index is -0.388. The minimum Gasteiger partial charge on any atom is -0.356 e. The van der Waals surface area contributed by atoms with Crippen LogP contribution < -0.4 is 10.6 Å². The summed E-state index contributed by atoms with van der Waals surface area (Å²) in [7, 11) is 0. The van der Waals surface area contributed by atoms with Gasteiger partial charge >= 0.3 is 0 Å². The number of thiazole rings is 1. The predicted molar refractivity (Wildman–Crippen MR) is 128 cm³/mol. The molecule has 0 saturated heterocycles. The Labute approximate surface area is 196 Å². The highest BCUT2D eigenvalue weighted by molar-refractivity contribution is 7.14. The molecule has 2 N–H and O–H groups in total. The first-order valence-corrected chi connectivity index (χ1v) is 11.5. The van der Waals surface area contributed by atoms with Gasteiger partial charge in [0, 0.05) is 30.2 Å². The average molecular weight is 458 g/mol. The fourth-order valence-electron chi connectivity index (χ4n) is 3.50. The second kappa shape index (κ2) is 11.1. The van der Waals surface area contributed by atoms with Crippen LogP contribution in [0, 0.1) is 0 Å². The van der Waals surface area contributed by atoms with Crippen molar-refractivity contribution in [2.45, 2.75) is 18.8 Å². The fraction of sp³-hybridized carbons (Fsp3) is 0.160. The molecule has 8 heteroatoms. The number of nitrogens with one attached hydrogen (secondary N) is 2. The van der Waals surface area contributed by atoms with Crippen molar-refractivity contribution in [3.63, 3.8) is 0 Å². The van der Waals surface area contributed by atoms with E-state index in [1.807, 2.05) is 36.4 Å². The van der Waals surface area contributed by atoms with Gasteiger partial charge < -0.3 is 5.32 Å². The highest BCUT2D eigenvalue weighted by Gasteiger charge is 2.15. The standard InChI is InChI=1S/C25H23N5O2S/c31-23(15-20-17-33-25(29-20)30-24(32)22-16-26-13-14-27-22)28-12-11-21(18-7-3-1-4-8-18)19-9-5-2-6-10-19/h1-10,13-14,16-17,21H,11-12,15H2,(H,28,31)(H,29,30,32). The molecule has 2 amide bonds. The second-order valence-electron chi connectivity index (χ2n) is 7.38. The maximum atomic E-state index is 12.5. The molecule has 0 radical (unpaired) electrons. The van der Waals surface area contributed by atoms with Gasteiger partial charge in [-0.1, -0.05) is 60.7 Å². The SMILES string of the molecule is O=C(Cc1csc(NC(=O)c2cnccn2)n1)NCCC(c1ccccc1)c1ccccc1. The maximum Gasteiger partial charge on any atom is 0.277 e. The summed E-state index contributed by atoms with van der Waals surface area (Å²) in [5, 5.41) is 7.86. The Kier molecular flexibility index (Phi) is 7.50. The van der Waals surface area contributed by atoms with E-state index in [1.54, 1.807) is 5.38 Å². The number of hydrogen-bond acceptors (Lipinski definition) is 6. The summed E-state index contributed by atoms with van der Waals surface area (Å²) in [4.78, 5) is 36.8. The minimum absolute atomic E-state index is 0.105. The summed E-state index contributed by atoms with van der Waals surface area (Å²) >= 11 is 1.27. The molecule has 0 atom stereocenters. The lowest BCUT2D eigenvalue weighted by molar-refractivity contribution is -0.120. The zero-order chi connectivity index (χ0) is 22.9. The molecule has 2 aromatic carbocycles. The first-order valence-electron chi connectivity index (χ1n) is 10.6. The molecule has 2 aromatic heterocycles. The molecule has 4 rings (SSSR count). The third-order valence-corrected chi connectivity index (χ3v) is 5.88. The van der Waals surface area contributed by atoms with E-state index in [9.17, 15) is 9.59 Å². The Hall–Kier alpha value is -3.91. The molecule has 0 spiro atoms. The third kappa shape index (κ3) is 6.30. The molecule has 7 nitrogen and oxygen atoms in total. The van der Waals surface area contributed by atoms with Gasteiger partial charge in [-0.05, 0) is 17.5 Å². The van der Waals surface area contributed by atoms with E-state index in [4.69, 9.17) is 0 Å². The van der Waals surface area contributed by atoms with Crippen molar-refractivity contribution in [1.82, 2.24) is 20.3 Å². The number of carbonyl (C=O) groups excluding carboxylic acids is 2. The molecule has 0 aliphatic heterocycles. The maximum absolute atomic E-state index is 12.5. The van der Waals surface area contributed by atoms with Crippen LogP contribution in [0.25, 0.3) is 0 Å². The van der Waals surface area contributed by atoms with Gasteiger partial charge in [-0.3, -0.25) is 19.9 Å². The van der Waals surface area contributed by atoms with E-state index in [-0.39, 0.29) is 29.8 Å². The van der Waals surface area contributed by atoms with Crippen LogP contribution in [0.3, 0.4) is 0 Å². The van der Waals surface area contributed by atoms with Crippen LogP contribution in [0.4, 0.5) is 5.13 Å². The van der Waals surface area contributed by atoms with E-state index in [0.717, 1.165) is 6.42 Å². The Bertz CT molecular complexity index is 1140. The Morgan fingerprint density at radius 1 is 0.939 bits per heavy atom. The van der Waals surface area contributed by atoms with Gasteiger partial charge in [0.25, 0.3) is 5.91 Å². The average Bonchev–Trinajstić information content (AvgIpc) is 3.30. The van der Waals surface area contributed by atoms with E-state index >= 15 is 0 Å². The van der Waals surface area contributed by atoms with Crippen LogP contribution in [-0.4, -0.2) is 33.3 Å². The number of hydrogen-bond donors (Lipinski definition) is 2. The Morgan fingerprint density at radius 2 is 1.64 bits per heavy atom. The molecule has 0 unspecified atom stereocenters. The molecule has 166 valence electrons. The van der Waals surface area contributed by atoms with Gasteiger partial charge in [-0.25, -0.2) is 9.97 Å². The van der Waals surface area contributed by atoms with Gasteiger partial charge in [0.2, 0.25) is 5.91 Å². The number of carbonyl (C=O) groups is 2. The number of benzene rings is 2. The van der Waals surface area contributed by atoms with Gasteiger partial charge in [-0.2, -0.15) is 0 Å². The van der Waals surface area contributed by atoms with Crippen LogP contribution in [-0.2, 0) is 11.2 Å². The molecular weight excluding hydrogens is 434 g/mol. The molecule has 33 heavy (non-hydrogen) atoms. The predicted octanol–water partition coefficient (Wildman–Crippen LogP) is 4.07. The first-order chi connectivity index (χ1) is 16.2. The molecule has 0 aliphatic rings. The Balaban J connectivity index is 1.30. The highest BCUT2D eigenvalue weighted by atomic mass is 32.1. The van der Waals surface area contributed by atoms with Gasteiger partial charge in [0.1, 0.15) is 5.69 Å². The topological polar surface area (TPSA) is 96.9 Å². The molecule has 0 bridgehead atoms. The summed E-state index contributed by atoms with van der Waals surface area (Å²) in [5.74, 6) is -0.289. The van der Waals surface area contributed by atoms with Crippen LogP contribution in [0.1, 0.15) is 39.6 Å². The second-order valence-corrected chi connectivity index (χ2v) is 8.24. The first kappa shape index (κ1) is 22.3. The van der Waals surface area contributed by atoms with E-state index in [2.05, 4.69) is 49.9 Å². The molecule has 0 aliphatic carbocycles. The lowest BCUT2D eigenvalue weighted by Crippen LogP contribution is -2.27. The van der Waals surface area contributed by atoms with Crippen molar-refractivity contribution in [1.29, 1.82) is 0 Å². The van der Waals surface area contributed by atoms with Crippen LogP contribution >= 0.6 is 11.3 Å². The van der Waals surface area contributed by atoms with Gasteiger partial charge in [-0.15, -0.1) is 11.3 Å². The summed E-state index contributed by atoms with van der Waals surface area (Å²) in [6.07, 6.45) is 5.27. The number of aromatic nitrogens is 3. The zero-order valence-electron chi connectivity index (χ0n) is 17.8. The highest BCUT2D eigenvalue weighted by Crippen LogP contribution is 2.27. The summed E-state index contributed by atoms with van der Waals surface area (Å²) in [6, 6.07) is 20.6. The van der Waals surface area contributed by atoms with Crippen molar-refractivity contribution in [2.24, 2.45) is 0 Å². The van der Waals surface area contributed by atoms with Crippen LogP contribution in [0.5, 0.6) is 0 Å². The van der Waals surface area contributed by atoms with Crippen molar-refractivity contribution >= 4 is 28.3 Å². The molecular formula is C25H23N5O2S. The molecule has 0 saturated carbocycles. The Morgan fingerprint density at radius 3 is 2.27 bits per heavy atom. The van der Waals surface area contributed by atoms with Crippen molar-refractivity contribution in [2.75, 3.05) is 11.9 Å². The lowest BCUT2D eigenvalue weighted by Gasteiger charge is -2.18. The lowest BCUT2D eigenvalue weighted by atomic mass is 9.88. The summed E-state index contributed by atoms with van der Waals surface area (Å²) in [5.41, 5.74) is 3.26. The van der Waals surface area contributed by atoms with E-state index < -0.39 is 0 Å². The number of rotatable bonds is 9. The van der Waals surface area contributed by atoms with Gasteiger partial charge in [0.05, 0.1) is 18.3 Å². The zero-order valence-corrected chi connectivity index (χ0v) is 18.7. The van der Waals surface area contributed by atoms with Gasteiger partial charge in [0.15, 0.2) is 5.13 Å².